The van der Waals surface area contributed by atoms with Gasteiger partial charge in [0.25, 0.3) is 0 Å². The third-order valence-corrected chi connectivity index (χ3v) is 5.28. The minimum Gasteiger partial charge on any atom is -0.326 e. The van der Waals surface area contributed by atoms with E-state index in [4.69, 9.17) is 5.73 Å². The second-order valence-electron chi connectivity index (χ2n) is 4.95. The van der Waals surface area contributed by atoms with Gasteiger partial charge in [-0.1, -0.05) is 15.9 Å². The molecule has 1 saturated heterocycles. The fourth-order valence-corrected chi connectivity index (χ4v) is 4.34. The zero-order chi connectivity index (χ0) is 14.9. The maximum absolute atomic E-state index is 14.2. The Morgan fingerprint density at radius 3 is 2.80 bits per heavy atom. The van der Waals surface area contributed by atoms with Crippen molar-refractivity contribution in [1.29, 1.82) is 0 Å². The van der Waals surface area contributed by atoms with Gasteiger partial charge in [-0.15, -0.1) is 0 Å². The SMILES string of the molecule is CN1CCC(NS(=O)(=O)c2cc(Br)cc(CN)c2F)C1. The van der Waals surface area contributed by atoms with Crippen molar-refractivity contribution in [1.82, 2.24) is 9.62 Å². The van der Waals surface area contributed by atoms with Crippen LogP contribution in [0.15, 0.2) is 21.5 Å². The fourth-order valence-electron chi connectivity index (χ4n) is 2.28. The van der Waals surface area contributed by atoms with E-state index in [-0.39, 0.29) is 23.0 Å². The van der Waals surface area contributed by atoms with E-state index in [1.807, 2.05) is 11.9 Å². The summed E-state index contributed by atoms with van der Waals surface area (Å²) in [7, 11) is -1.97. The average Bonchev–Trinajstić information content (AvgIpc) is 2.76. The van der Waals surface area contributed by atoms with Crippen LogP contribution in [0.2, 0.25) is 0 Å². The van der Waals surface area contributed by atoms with Gasteiger partial charge >= 0.3 is 0 Å². The summed E-state index contributed by atoms with van der Waals surface area (Å²) in [6, 6.07) is 2.55. The Balaban J connectivity index is 2.32. The molecule has 1 fully saturated rings. The van der Waals surface area contributed by atoms with Crippen LogP contribution in [0, 0.1) is 5.82 Å². The maximum Gasteiger partial charge on any atom is 0.243 e. The summed E-state index contributed by atoms with van der Waals surface area (Å²) < 4.78 is 41.8. The summed E-state index contributed by atoms with van der Waals surface area (Å²) >= 11 is 3.18. The van der Waals surface area contributed by atoms with Crippen LogP contribution in [0.1, 0.15) is 12.0 Å². The molecule has 1 aromatic rings. The zero-order valence-electron chi connectivity index (χ0n) is 11.1. The van der Waals surface area contributed by atoms with Crippen molar-refractivity contribution in [2.24, 2.45) is 5.73 Å². The van der Waals surface area contributed by atoms with Crippen LogP contribution in [0.3, 0.4) is 0 Å². The fraction of sp³-hybridized carbons (Fsp3) is 0.500. The standard InChI is InChI=1S/C12H17BrFN3O2S/c1-17-3-2-10(7-17)16-20(18,19)11-5-9(13)4-8(6-15)12(11)14/h4-5,10,16H,2-3,6-7,15H2,1H3. The summed E-state index contributed by atoms with van der Waals surface area (Å²) in [5, 5.41) is 0. The molecule has 3 N–H and O–H groups in total. The highest BCUT2D eigenvalue weighted by Crippen LogP contribution is 2.24. The Labute approximate surface area is 126 Å². The van der Waals surface area contributed by atoms with Crippen LogP contribution >= 0.6 is 15.9 Å². The lowest BCUT2D eigenvalue weighted by Gasteiger charge is -2.15. The first-order valence-corrected chi connectivity index (χ1v) is 8.50. The Kier molecular flexibility index (Phi) is 4.80. The number of nitrogens with zero attached hydrogens (tertiary/aromatic N) is 1. The molecule has 8 heteroatoms. The molecule has 0 saturated carbocycles. The van der Waals surface area contributed by atoms with Crippen LogP contribution in [-0.4, -0.2) is 39.5 Å². The molecule has 0 aliphatic carbocycles. The normalized spacial score (nSPS) is 20.5. The highest BCUT2D eigenvalue weighted by atomic mass is 79.9. The van der Waals surface area contributed by atoms with Gasteiger partial charge in [-0.3, -0.25) is 0 Å². The molecule has 0 spiro atoms. The van der Waals surface area contributed by atoms with Gasteiger partial charge in [0.15, 0.2) is 0 Å². The van der Waals surface area contributed by atoms with Gasteiger partial charge in [0.05, 0.1) is 0 Å². The smallest absolute Gasteiger partial charge is 0.243 e. The van der Waals surface area contributed by atoms with E-state index in [9.17, 15) is 12.8 Å². The molecule has 2 rings (SSSR count). The Hall–Kier alpha value is -0.540. The predicted octanol–water partition coefficient (Wildman–Crippen LogP) is 1.03. The molecule has 1 atom stereocenters. The number of sulfonamides is 1. The molecule has 0 radical (unpaired) electrons. The number of likely N-dealkylation sites (tertiary alicyclic amines) is 1. The van der Waals surface area contributed by atoms with Crippen molar-refractivity contribution in [3.8, 4) is 0 Å². The Morgan fingerprint density at radius 1 is 1.55 bits per heavy atom. The van der Waals surface area contributed by atoms with Gasteiger partial charge in [-0.2, -0.15) is 0 Å². The number of benzene rings is 1. The van der Waals surface area contributed by atoms with E-state index >= 15 is 0 Å². The van der Waals surface area contributed by atoms with E-state index in [0.29, 0.717) is 11.0 Å². The first kappa shape index (κ1) is 15.8. The van der Waals surface area contributed by atoms with E-state index in [1.54, 1.807) is 0 Å². The van der Waals surface area contributed by atoms with Crippen LogP contribution in [-0.2, 0) is 16.6 Å². The second-order valence-corrected chi connectivity index (χ2v) is 7.55. The first-order valence-electron chi connectivity index (χ1n) is 6.22. The number of nitrogens with two attached hydrogens (primary N) is 1. The molecule has 1 aromatic carbocycles. The quantitative estimate of drug-likeness (QED) is 0.835. The van der Waals surface area contributed by atoms with Crippen molar-refractivity contribution >= 4 is 26.0 Å². The van der Waals surface area contributed by atoms with Crippen LogP contribution in [0.25, 0.3) is 0 Å². The highest BCUT2D eigenvalue weighted by molar-refractivity contribution is 9.10. The summed E-state index contributed by atoms with van der Waals surface area (Å²) in [5.74, 6) is -0.783. The average molecular weight is 366 g/mol. The van der Waals surface area contributed by atoms with E-state index < -0.39 is 15.8 Å². The van der Waals surface area contributed by atoms with Gasteiger partial charge in [0, 0.05) is 29.2 Å². The number of halogens is 2. The number of hydrogen-bond donors (Lipinski definition) is 2. The Bertz CT molecular complexity index is 609. The zero-order valence-corrected chi connectivity index (χ0v) is 13.5. The minimum absolute atomic E-state index is 0.0556. The second kappa shape index (κ2) is 6.07. The molecule has 5 nitrogen and oxygen atoms in total. The van der Waals surface area contributed by atoms with Crippen LogP contribution < -0.4 is 10.5 Å². The minimum atomic E-state index is -3.89. The van der Waals surface area contributed by atoms with Gasteiger partial charge in [0.2, 0.25) is 10.0 Å². The largest absolute Gasteiger partial charge is 0.326 e. The monoisotopic (exact) mass is 365 g/mol. The van der Waals surface area contributed by atoms with Gasteiger partial charge in [-0.05, 0) is 32.1 Å². The molecular weight excluding hydrogens is 349 g/mol. The van der Waals surface area contributed by atoms with E-state index in [1.165, 1.54) is 12.1 Å². The van der Waals surface area contributed by atoms with Gasteiger partial charge < -0.3 is 10.6 Å². The van der Waals surface area contributed by atoms with Crippen molar-refractivity contribution in [2.75, 3.05) is 20.1 Å². The molecule has 1 aliphatic heterocycles. The lowest BCUT2D eigenvalue weighted by Crippen LogP contribution is -2.37. The third kappa shape index (κ3) is 3.37. The molecule has 1 unspecified atom stereocenters. The molecular formula is C12H17BrFN3O2S. The predicted molar refractivity (Wildman–Crippen MR) is 78.2 cm³/mol. The molecule has 1 heterocycles. The van der Waals surface area contributed by atoms with Crippen molar-refractivity contribution in [3.63, 3.8) is 0 Å². The highest BCUT2D eigenvalue weighted by Gasteiger charge is 2.28. The Morgan fingerprint density at radius 2 is 2.25 bits per heavy atom. The summed E-state index contributed by atoms with van der Waals surface area (Å²) in [6.45, 7) is 1.39. The summed E-state index contributed by atoms with van der Waals surface area (Å²) in [4.78, 5) is 1.66. The molecule has 0 amide bonds. The van der Waals surface area contributed by atoms with E-state index in [0.717, 1.165) is 13.0 Å². The number of likely N-dealkylation sites (N-methyl/N-ethyl adjacent to an activating group) is 1. The lowest BCUT2D eigenvalue weighted by molar-refractivity contribution is 0.407. The molecule has 112 valence electrons. The topological polar surface area (TPSA) is 75.4 Å². The summed E-state index contributed by atoms with van der Waals surface area (Å²) in [6.07, 6.45) is 0.717. The van der Waals surface area contributed by atoms with Crippen molar-refractivity contribution in [3.05, 3.63) is 28.0 Å². The van der Waals surface area contributed by atoms with Crippen molar-refractivity contribution < 1.29 is 12.8 Å². The van der Waals surface area contributed by atoms with E-state index in [2.05, 4.69) is 20.7 Å². The number of nitrogens with one attached hydrogen (secondary N) is 1. The molecule has 1 aliphatic rings. The summed E-state index contributed by atoms with van der Waals surface area (Å²) in [5.41, 5.74) is 5.60. The van der Waals surface area contributed by atoms with Gasteiger partial charge in [-0.25, -0.2) is 17.5 Å². The van der Waals surface area contributed by atoms with Crippen molar-refractivity contribution in [2.45, 2.75) is 23.9 Å². The molecule has 20 heavy (non-hydrogen) atoms. The maximum atomic E-state index is 14.2. The number of hydrogen-bond acceptors (Lipinski definition) is 4. The van der Waals surface area contributed by atoms with Crippen LogP contribution in [0.4, 0.5) is 4.39 Å². The number of rotatable bonds is 4. The van der Waals surface area contributed by atoms with Gasteiger partial charge in [0.1, 0.15) is 10.7 Å². The lowest BCUT2D eigenvalue weighted by atomic mass is 10.2. The third-order valence-electron chi connectivity index (χ3n) is 3.30. The molecule has 0 bridgehead atoms. The molecule has 0 aromatic heterocycles. The first-order chi connectivity index (χ1) is 9.33. The van der Waals surface area contributed by atoms with Crippen LogP contribution in [0.5, 0.6) is 0 Å².